The van der Waals surface area contributed by atoms with Gasteiger partial charge in [-0.05, 0) is 48.9 Å². The lowest BCUT2D eigenvalue weighted by atomic mass is 10.2. The molecule has 0 spiro atoms. The number of rotatable bonds is 4. The largest absolute Gasteiger partial charge is 0.484 e. The van der Waals surface area contributed by atoms with Crippen molar-refractivity contribution in [1.82, 2.24) is 10.2 Å². The molecule has 0 N–H and O–H groups in total. The molecular formula is C16H13BrN2O2. The Morgan fingerprint density at radius 2 is 1.90 bits per heavy atom. The average molecular weight is 345 g/mol. The number of hydrogen-bond acceptors (Lipinski definition) is 4. The lowest BCUT2D eigenvalue weighted by Gasteiger charge is -2.03. The summed E-state index contributed by atoms with van der Waals surface area (Å²) in [4.78, 5) is 0. The molecule has 3 aromatic rings. The van der Waals surface area contributed by atoms with Crippen LogP contribution < -0.4 is 4.74 Å². The van der Waals surface area contributed by atoms with Crippen molar-refractivity contribution in [2.24, 2.45) is 0 Å². The van der Waals surface area contributed by atoms with Crippen molar-refractivity contribution in [2.45, 2.75) is 13.5 Å². The summed E-state index contributed by atoms with van der Waals surface area (Å²) in [6.45, 7) is 2.28. The van der Waals surface area contributed by atoms with Crippen LogP contribution in [0.4, 0.5) is 0 Å². The maximum atomic E-state index is 5.64. The number of hydrogen-bond donors (Lipinski definition) is 0. The second-order valence-corrected chi connectivity index (χ2v) is 5.53. The molecule has 0 bridgehead atoms. The summed E-state index contributed by atoms with van der Waals surface area (Å²) in [6, 6.07) is 15.5. The molecule has 1 aromatic heterocycles. The van der Waals surface area contributed by atoms with Gasteiger partial charge in [0.2, 0.25) is 5.89 Å². The van der Waals surface area contributed by atoms with Crippen molar-refractivity contribution in [3.8, 4) is 17.2 Å². The molecule has 0 aliphatic rings. The normalized spacial score (nSPS) is 10.6. The van der Waals surface area contributed by atoms with Crippen LogP contribution in [0.25, 0.3) is 11.5 Å². The van der Waals surface area contributed by atoms with E-state index in [1.807, 2.05) is 55.5 Å². The van der Waals surface area contributed by atoms with Gasteiger partial charge in [-0.1, -0.05) is 28.1 Å². The van der Waals surface area contributed by atoms with E-state index in [4.69, 9.17) is 9.15 Å². The fourth-order valence-corrected chi connectivity index (χ4v) is 2.14. The van der Waals surface area contributed by atoms with Crippen LogP contribution in [0.3, 0.4) is 0 Å². The molecule has 0 saturated heterocycles. The summed E-state index contributed by atoms with van der Waals surface area (Å²) in [5, 5.41) is 8.03. The first-order valence-electron chi connectivity index (χ1n) is 6.48. The molecule has 0 unspecified atom stereocenters. The van der Waals surface area contributed by atoms with Crippen LogP contribution in [0, 0.1) is 6.92 Å². The van der Waals surface area contributed by atoms with E-state index in [1.165, 1.54) is 0 Å². The van der Waals surface area contributed by atoms with Crippen LogP contribution in [0.15, 0.2) is 57.4 Å². The van der Waals surface area contributed by atoms with Gasteiger partial charge in [-0.2, -0.15) is 0 Å². The molecule has 0 aliphatic heterocycles. The lowest BCUT2D eigenvalue weighted by molar-refractivity contribution is 0.264. The van der Waals surface area contributed by atoms with Crippen LogP contribution in [0.5, 0.6) is 5.75 Å². The van der Waals surface area contributed by atoms with Crippen LogP contribution in [-0.4, -0.2) is 10.2 Å². The Morgan fingerprint density at radius 3 is 2.67 bits per heavy atom. The second-order valence-electron chi connectivity index (χ2n) is 4.61. The van der Waals surface area contributed by atoms with E-state index in [0.717, 1.165) is 21.3 Å². The van der Waals surface area contributed by atoms with Gasteiger partial charge in [0.1, 0.15) is 5.75 Å². The molecule has 5 heteroatoms. The highest BCUT2D eigenvalue weighted by atomic mass is 79.9. The van der Waals surface area contributed by atoms with Gasteiger partial charge in [0.25, 0.3) is 5.89 Å². The standard InChI is InChI=1S/C16H13BrN2O2/c1-11-3-2-4-14(9-11)20-10-15-18-19-16(21-15)12-5-7-13(17)8-6-12/h2-9H,10H2,1H3. The Hall–Kier alpha value is -2.14. The van der Waals surface area contributed by atoms with E-state index in [2.05, 4.69) is 26.1 Å². The van der Waals surface area contributed by atoms with Gasteiger partial charge in [-0.15, -0.1) is 10.2 Å². The number of benzene rings is 2. The Kier molecular flexibility index (Phi) is 4.01. The van der Waals surface area contributed by atoms with Crippen molar-refractivity contribution in [2.75, 3.05) is 0 Å². The minimum atomic E-state index is 0.257. The Morgan fingerprint density at radius 1 is 1.10 bits per heavy atom. The molecule has 0 saturated carbocycles. The maximum Gasteiger partial charge on any atom is 0.254 e. The Bertz CT molecular complexity index is 738. The highest BCUT2D eigenvalue weighted by Gasteiger charge is 2.09. The number of halogens is 1. The molecule has 3 rings (SSSR count). The molecule has 21 heavy (non-hydrogen) atoms. The highest BCUT2D eigenvalue weighted by Crippen LogP contribution is 2.21. The molecule has 1 heterocycles. The van der Waals surface area contributed by atoms with Gasteiger partial charge in [0.05, 0.1) is 0 Å². The molecular weight excluding hydrogens is 332 g/mol. The third-order valence-electron chi connectivity index (χ3n) is 2.91. The third-order valence-corrected chi connectivity index (χ3v) is 3.44. The molecule has 0 radical (unpaired) electrons. The van der Waals surface area contributed by atoms with Crippen molar-refractivity contribution in [3.63, 3.8) is 0 Å². The number of aromatic nitrogens is 2. The van der Waals surface area contributed by atoms with Crippen LogP contribution in [0.1, 0.15) is 11.5 Å². The van der Waals surface area contributed by atoms with E-state index >= 15 is 0 Å². The zero-order valence-electron chi connectivity index (χ0n) is 11.4. The Balaban J connectivity index is 1.69. The summed E-state index contributed by atoms with van der Waals surface area (Å²) >= 11 is 3.39. The van der Waals surface area contributed by atoms with Crippen molar-refractivity contribution in [3.05, 3.63) is 64.5 Å². The van der Waals surface area contributed by atoms with Crippen LogP contribution >= 0.6 is 15.9 Å². The molecule has 2 aromatic carbocycles. The number of nitrogens with zero attached hydrogens (tertiary/aromatic N) is 2. The van der Waals surface area contributed by atoms with E-state index in [-0.39, 0.29) is 6.61 Å². The number of aryl methyl sites for hydroxylation is 1. The quantitative estimate of drug-likeness (QED) is 0.704. The first kappa shape index (κ1) is 13.8. The molecule has 106 valence electrons. The lowest BCUT2D eigenvalue weighted by Crippen LogP contribution is -1.95. The molecule has 0 fully saturated rings. The van der Waals surface area contributed by atoms with Crippen LogP contribution in [-0.2, 0) is 6.61 Å². The summed E-state index contributed by atoms with van der Waals surface area (Å²) in [7, 11) is 0. The zero-order valence-corrected chi connectivity index (χ0v) is 13.0. The minimum absolute atomic E-state index is 0.257. The summed E-state index contributed by atoms with van der Waals surface area (Å²) < 4.78 is 12.2. The topological polar surface area (TPSA) is 48.2 Å². The Labute approximate surface area is 130 Å². The summed E-state index contributed by atoms with van der Waals surface area (Å²) in [5.74, 6) is 1.73. The van der Waals surface area contributed by atoms with E-state index in [1.54, 1.807) is 0 Å². The van der Waals surface area contributed by atoms with Gasteiger partial charge in [-0.3, -0.25) is 0 Å². The second kappa shape index (κ2) is 6.10. The van der Waals surface area contributed by atoms with Crippen molar-refractivity contribution in [1.29, 1.82) is 0 Å². The predicted molar refractivity (Wildman–Crippen MR) is 82.9 cm³/mol. The SMILES string of the molecule is Cc1cccc(OCc2nnc(-c3ccc(Br)cc3)o2)c1. The van der Waals surface area contributed by atoms with Gasteiger partial charge in [0, 0.05) is 10.0 Å². The summed E-state index contributed by atoms with van der Waals surface area (Å²) in [6.07, 6.45) is 0. The third kappa shape index (κ3) is 3.49. The zero-order chi connectivity index (χ0) is 14.7. The van der Waals surface area contributed by atoms with Gasteiger partial charge >= 0.3 is 0 Å². The fourth-order valence-electron chi connectivity index (χ4n) is 1.87. The molecule has 4 nitrogen and oxygen atoms in total. The van der Waals surface area contributed by atoms with Gasteiger partial charge in [0.15, 0.2) is 6.61 Å². The van der Waals surface area contributed by atoms with Crippen molar-refractivity contribution < 1.29 is 9.15 Å². The number of ether oxygens (including phenoxy) is 1. The van der Waals surface area contributed by atoms with Crippen LogP contribution in [0.2, 0.25) is 0 Å². The van der Waals surface area contributed by atoms with E-state index in [9.17, 15) is 0 Å². The van der Waals surface area contributed by atoms with E-state index < -0.39 is 0 Å². The van der Waals surface area contributed by atoms with Crippen molar-refractivity contribution >= 4 is 15.9 Å². The smallest absolute Gasteiger partial charge is 0.254 e. The predicted octanol–water partition coefficient (Wildman–Crippen LogP) is 4.39. The van der Waals surface area contributed by atoms with Gasteiger partial charge in [-0.25, -0.2) is 0 Å². The fraction of sp³-hybridized carbons (Fsp3) is 0.125. The summed E-state index contributed by atoms with van der Waals surface area (Å²) in [5.41, 5.74) is 2.03. The first-order valence-corrected chi connectivity index (χ1v) is 7.28. The first-order chi connectivity index (χ1) is 10.2. The van der Waals surface area contributed by atoms with Gasteiger partial charge < -0.3 is 9.15 Å². The monoisotopic (exact) mass is 344 g/mol. The maximum absolute atomic E-state index is 5.64. The van der Waals surface area contributed by atoms with E-state index in [0.29, 0.717) is 11.8 Å². The molecule has 0 aliphatic carbocycles. The molecule has 0 amide bonds. The highest BCUT2D eigenvalue weighted by molar-refractivity contribution is 9.10. The molecule has 0 atom stereocenters. The minimum Gasteiger partial charge on any atom is -0.484 e. The average Bonchev–Trinajstić information content (AvgIpc) is 2.95.